The predicted molar refractivity (Wildman–Crippen MR) is 113 cm³/mol. The Morgan fingerprint density at radius 2 is 1.72 bits per heavy atom. The third-order valence-corrected chi connectivity index (χ3v) is 4.74. The number of hydrogen-bond acceptors (Lipinski definition) is 6. The molecule has 3 heterocycles. The highest BCUT2D eigenvalue weighted by atomic mass is 16.5. The molecule has 0 aliphatic heterocycles. The summed E-state index contributed by atoms with van der Waals surface area (Å²) < 4.78 is 10.7. The topological polar surface area (TPSA) is 92.3 Å². The van der Waals surface area contributed by atoms with Crippen LogP contribution in [0.15, 0.2) is 55.0 Å². The van der Waals surface area contributed by atoms with Crippen LogP contribution in [0.5, 0.6) is 11.5 Å². The molecular formula is C22H22N4O3. The SMILES string of the molecule is COc1ccc(-c2cnc3[nH]cc(-c4ccc(NCCO)nc4)c3c2)cc1OC. The number of fused-ring (bicyclic) bond motifs is 1. The molecule has 29 heavy (non-hydrogen) atoms. The van der Waals surface area contributed by atoms with Crippen LogP contribution in [0.3, 0.4) is 0 Å². The molecule has 0 saturated carbocycles. The van der Waals surface area contributed by atoms with Crippen LogP contribution < -0.4 is 14.8 Å². The van der Waals surface area contributed by atoms with Crippen LogP contribution in [0.2, 0.25) is 0 Å². The minimum atomic E-state index is 0.0659. The van der Waals surface area contributed by atoms with Crippen LogP contribution in [-0.4, -0.2) is 47.4 Å². The largest absolute Gasteiger partial charge is 0.493 e. The molecule has 0 saturated heterocycles. The summed E-state index contributed by atoms with van der Waals surface area (Å²) in [6.45, 7) is 0.536. The van der Waals surface area contributed by atoms with Crippen LogP contribution in [0.4, 0.5) is 5.82 Å². The molecule has 0 aliphatic rings. The number of benzene rings is 1. The van der Waals surface area contributed by atoms with Gasteiger partial charge >= 0.3 is 0 Å². The molecule has 3 aromatic heterocycles. The smallest absolute Gasteiger partial charge is 0.161 e. The molecular weight excluding hydrogens is 368 g/mol. The predicted octanol–water partition coefficient (Wildman–Crippen LogP) is 3.71. The molecule has 0 fully saturated rings. The molecule has 0 atom stereocenters. The third-order valence-electron chi connectivity index (χ3n) is 4.74. The Hall–Kier alpha value is -3.58. The van der Waals surface area contributed by atoms with E-state index in [4.69, 9.17) is 14.6 Å². The van der Waals surface area contributed by atoms with E-state index in [2.05, 4.69) is 26.3 Å². The molecule has 0 aliphatic carbocycles. The molecule has 1 aromatic carbocycles. The van der Waals surface area contributed by atoms with Crippen molar-refractivity contribution in [2.45, 2.75) is 0 Å². The maximum Gasteiger partial charge on any atom is 0.161 e. The number of methoxy groups -OCH3 is 2. The summed E-state index contributed by atoms with van der Waals surface area (Å²) in [6.07, 6.45) is 5.59. The Bertz CT molecular complexity index is 1120. The number of aliphatic hydroxyl groups excluding tert-OH is 1. The summed E-state index contributed by atoms with van der Waals surface area (Å²) in [5, 5.41) is 13.0. The van der Waals surface area contributed by atoms with E-state index in [0.29, 0.717) is 18.0 Å². The van der Waals surface area contributed by atoms with E-state index in [1.54, 1.807) is 14.2 Å². The number of nitrogens with one attached hydrogen (secondary N) is 2. The minimum Gasteiger partial charge on any atom is -0.493 e. The van der Waals surface area contributed by atoms with Crippen molar-refractivity contribution in [2.75, 3.05) is 32.7 Å². The summed E-state index contributed by atoms with van der Waals surface area (Å²) in [6, 6.07) is 11.8. The van der Waals surface area contributed by atoms with Gasteiger partial charge in [0.15, 0.2) is 11.5 Å². The van der Waals surface area contributed by atoms with Gasteiger partial charge in [-0.15, -0.1) is 0 Å². The molecule has 148 valence electrons. The van der Waals surface area contributed by atoms with Crippen molar-refractivity contribution >= 4 is 16.9 Å². The Labute approximate surface area is 168 Å². The van der Waals surface area contributed by atoms with Crippen LogP contribution in [0.25, 0.3) is 33.3 Å². The molecule has 3 N–H and O–H groups in total. The first kappa shape index (κ1) is 18.8. The van der Waals surface area contributed by atoms with Gasteiger partial charge in [-0.2, -0.15) is 0 Å². The molecule has 0 bridgehead atoms. The molecule has 7 heteroatoms. The fourth-order valence-corrected chi connectivity index (χ4v) is 3.26. The van der Waals surface area contributed by atoms with E-state index in [1.807, 2.05) is 48.9 Å². The van der Waals surface area contributed by atoms with Gasteiger partial charge in [0.05, 0.1) is 20.8 Å². The van der Waals surface area contributed by atoms with Crippen LogP contribution in [-0.2, 0) is 0 Å². The second-order valence-electron chi connectivity index (χ2n) is 6.47. The highest BCUT2D eigenvalue weighted by Crippen LogP contribution is 2.35. The summed E-state index contributed by atoms with van der Waals surface area (Å²) in [7, 11) is 3.25. The monoisotopic (exact) mass is 390 g/mol. The summed E-state index contributed by atoms with van der Waals surface area (Å²) in [4.78, 5) is 12.2. The highest BCUT2D eigenvalue weighted by molar-refractivity contribution is 5.95. The number of H-pyrrole nitrogens is 1. The van der Waals surface area contributed by atoms with Crippen LogP contribution in [0, 0.1) is 0 Å². The number of nitrogens with zero attached hydrogens (tertiary/aromatic N) is 2. The normalized spacial score (nSPS) is 10.9. The fourth-order valence-electron chi connectivity index (χ4n) is 3.26. The van der Waals surface area contributed by atoms with Gasteiger partial charge < -0.3 is 24.9 Å². The van der Waals surface area contributed by atoms with Crippen molar-refractivity contribution in [3.8, 4) is 33.8 Å². The van der Waals surface area contributed by atoms with Crippen molar-refractivity contribution in [3.63, 3.8) is 0 Å². The van der Waals surface area contributed by atoms with E-state index in [1.165, 1.54) is 0 Å². The van der Waals surface area contributed by atoms with E-state index in [9.17, 15) is 0 Å². The quantitative estimate of drug-likeness (QED) is 0.445. The van der Waals surface area contributed by atoms with Gasteiger partial charge in [0.2, 0.25) is 0 Å². The number of rotatable bonds is 7. The number of hydrogen-bond donors (Lipinski definition) is 3. The van der Waals surface area contributed by atoms with Gasteiger partial charge in [-0.3, -0.25) is 0 Å². The molecule has 0 spiro atoms. The minimum absolute atomic E-state index is 0.0659. The molecule has 0 amide bonds. The van der Waals surface area contributed by atoms with E-state index in [0.717, 1.165) is 39.1 Å². The zero-order valence-electron chi connectivity index (χ0n) is 16.3. The Morgan fingerprint density at radius 3 is 2.45 bits per heavy atom. The standard InChI is InChI=1S/C22H22N4O3/c1-28-19-5-3-14(10-20(19)29-2)16-9-17-18(13-26-22(17)25-12-16)15-4-6-21(24-11-15)23-7-8-27/h3-6,9-13,27H,7-8H2,1-2H3,(H,23,24)(H,25,26). The second-order valence-corrected chi connectivity index (χ2v) is 6.47. The van der Waals surface area contributed by atoms with Crippen molar-refractivity contribution in [1.29, 1.82) is 0 Å². The Kier molecular flexibility index (Phi) is 5.31. The summed E-state index contributed by atoms with van der Waals surface area (Å²) in [5.74, 6) is 2.09. The second kappa shape index (κ2) is 8.20. The van der Waals surface area contributed by atoms with Gasteiger partial charge in [0.1, 0.15) is 11.5 Å². The van der Waals surface area contributed by atoms with Gasteiger partial charge in [-0.25, -0.2) is 9.97 Å². The highest BCUT2D eigenvalue weighted by Gasteiger charge is 2.11. The van der Waals surface area contributed by atoms with E-state index < -0.39 is 0 Å². The van der Waals surface area contributed by atoms with Crippen molar-refractivity contribution in [1.82, 2.24) is 15.0 Å². The van der Waals surface area contributed by atoms with E-state index in [-0.39, 0.29) is 6.61 Å². The molecule has 4 rings (SSSR count). The number of aromatic amines is 1. The zero-order chi connectivity index (χ0) is 20.2. The summed E-state index contributed by atoms with van der Waals surface area (Å²) in [5.41, 5.74) is 4.79. The van der Waals surface area contributed by atoms with Gasteiger partial charge in [-0.05, 0) is 35.9 Å². The lowest BCUT2D eigenvalue weighted by Crippen LogP contribution is -2.06. The average Bonchev–Trinajstić information content (AvgIpc) is 3.20. The van der Waals surface area contributed by atoms with Crippen molar-refractivity contribution in [3.05, 3.63) is 55.0 Å². The van der Waals surface area contributed by atoms with Gasteiger partial charge in [-0.1, -0.05) is 6.07 Å². The van der Waals surface area contributed by atoms with Crippen LogP contribution in [0.1, 0.15) is 0 Å². The maximum absolute atomic E-state index is 8.92. The lowest BCUT2D eigenvalue weighted by molar-refractivity contribution is 0.311. The van der Waals surface area contributed by atoms with Crippen LogP contribution >= 0.6 is 0 Å². The fraction of sp³-hybridized carbons (Fsp3) is 0.182. The Balaban J connectivity index is 1.71. The molecule has 7 nitrogen and oxygen atoms in total. The number of pyridine rings is 2. The van der Waals surface area contributed by atoms with E-state index >= 15 is 0 Å². The number of anilines is 1. The summed E-state index contributed by atoms with van der Waals surface area (Å²) >= 11 is 0. The maximum atomic E-state index is 8.92. The van der Waals surface area contributed by atoms with Gasteiger partial charge in [0, 0.05) is 47.2 Å². The third kappa shape index (κ3) is 3.72. The first-order chi connectivity index (χ1) is 14.2. The first-order valence-corrected chi connectivity index (χ1v) is 9.24. The lowest BCUT2D eigenvalue weighted by Gasteiger charge is -2.10. The zero-order valence-corrected chi connectivity index (χ0v) is 16.3. The Morgan fingerprint density at radius 1 is 0.931 bits per heavy atom. The number of aliphatic hydroxyl groups is 1. The van der Waals surface area contributed by atoms with Crippen molar-refractivity contribution < 1.29 is 14.6 Å². The molecule has 4 aromatic rings. The lowest BCUT2D eigenvalue weighted by atomic mass is 10.0. The average molecular weight is 390 g/mol. The molecule has 0 radical (unpaired) electrons. The number of ether oxygens (including phenoxy) is 2. The van der Waals surface area contributed by atoms with Gasteiger partial charge in [0.25, 0.3) is 0 Å². The molecule has 0 unspecified atom stereocenters. The first-order valence-electron chi connectivity index (χ1n) is 9.24. The number of aromatic nitrogens is 3. The van der Waals surface area contributed by atoms with Crippen molar-refractivity contribution in [2.24, 2.45) is 0 Å².